The molecule has 1 saturated heterocycles. The molecule has 0 atom stereocenters. The molecule has 7 nitrogen and oxygen atoms in total. The van der Waals surface area contributed by atoms with Crippen molar-refractivity contribution in [3.05, 3.63) is 42.5 Å². The second-order valence-electron chi connectivity index (χ2n) is 6.78. The number of nitrogens with zero attached hydrogens (tertiary/aromatic N) is 2. The van der Waals surface area contributed by atoms with Crippen molar-refractivity contribution in [2.24, 2.45) is 0 Å². The molecule has 1 aromatic heterocycles. The Labute approximate surface area is 164 Å². The van der Waals surface area contributed by atoms with Crippen molar-refractivity contribution in [2.75, 3.05) is 36.6 Å². The zero-order valence-electron chi connectivity index (χ0n) is 15.9. The number of ether oxygens (including phenoxy) is 2. The number of aromatic nitrogens is 1. The van der Waals surface area contributed by atoms with Crippen LogP contribution >= 0.6 is 0 Å². The van der Waals surface area contributed by atoms with Gasteiger partial charge in [0.1, 0.15) is 12.5 Å². The molecule has 0 aliphatic carbocycles. The van der Waals surface area contributed by atoms with E-state index in [1.807, 2.05) is 47.0 Å². The van der Waals surface area contributed by atoms with Crippen LogP contribution in [0, 0.1) is 0 Å². The Morgan fingerprint density at radius 1 is 1.11 bits per heavy atom. The van der Waals surface area contributed by atoms with Gasteiger partial charge in [0.25, 0.3) is 0 Å². The quantitative estimate of drug-likeness (QED) is 0.710. The molecule has 8 heteroatoms. The lowest BCUT2D eigenvalue weighted by molar-refractivity contribution is 0.136. The molecule has 3 aromatic rings. The molecule has 0 bridgehead atoms. The van der Waals surface area contributed by atoms with Gasteiger partial charge < -0.3 is 19.8 Å². The zero-order valence-corrected chi connectivity index (χ0v) is 16.7. The first-order valence-electron chi connectivity index (χ1n) is 9.02. The van der Waals surface area contributed by atoms with Gasteiger partial charge in [-0.05, 0) is 30.7 Å². The molecule has 1 fully saturated rings. The summed E-state index contributed by atoms with van der Waals surface area (Å²) in [5, 5.41) is 0.916. The summed E-state index contributed by atoms with van der Waals surface area (Å²) in [5.41, 5.74) is 10.4. The number of benzene rings is 2. The summed E-state index contributed by atoms with van der Waals surface area (Å²) in [6.45, 7) is 0.853. The Bertz CT molecular complexity index is 1120. The van der Waals surface area contributed by atoms with Gasteiger partial charge in [-0.3, -0.25) is 4.31 Å². The first-order chi connectivity index (χ1) is 13.5. The van der Waals surface area contributed by atoms with Crippen LogP contribution in [0.3, 0.4) is 0 Å². The van der Waals surface area contributed by atoms with E-state index in [0.29, 0.717) is 31.1 Å². The van der Waals surface area contributed by atoms with Crippen molar-refractivity contribution < 1.29 is 17.9 Å². The van der Waals surface area contributed by atoms with E-state index < -0.39 is 10.0 Å². The molecule has 2 aromatic carbocycles. The minimum atomic E-state index is -3.20. The molecular weight excluding hydrogens is 378 g/mol. The number of hydrogen-bond donors (Lipinski definition) is 1. The third-order valence-corrected chi connectivity index (χ3v) is 6.97. The van der Waals surface area contributed by atoms with E-state index in [2.05, 4.69) is 0 Å². The normalized spacial score (nSPS) is 16.0. The van der Waals surface area contributed by atoms with Gasteiger partial charge in [-0.15, -0.1) is 0 Å². The van der Waals surface area contributed by atoms with E-state index in [0.717, 1.165) is 27.9 Å². The lowest BCUT2D eigenvalue weighted by Crippen LogP contribution is -2.24. The lowest BCUT2D eigenvalue weighted by atomic mass is 10.1. The van der Waals surface area contributed by atoms with Crippen molar-refractivity contribution in [1.82, 2.24) is 4.57 Å². The summed E-state index contributed by atoms with van der Waals surface area (Å²) in [4.78, 5) is 0. The average Bonchev–Trinajstić information content (AvgIpc) is 3.18. The van der Waals surface area contributed by atoms with E-state index in [1.165, 1.54) is 4.31 Å². The van der Waals surface area contributed by atoms with Gasteiger partial charge in [0, 0.05) is 30.7 Å². The number of anilines is 2. The molecule has 4 rings (SSSR count). The highest BCUT2D eigenvalue weighted by molar-refractivity contribution is 7.93. The van der Waals surface area contributed by atoms with Gasteiger partial charge >= 0.3 is 0 Å². The predicted octanol–water partition coefficient (Wildman–Crippen LogP) is 3.04. The molecule has 28 heavy (non-hydrogen) atoms. The Morgan fingerprint density at radius 3 is 2.46 bits per heavy atom. The van der Waals surface area contributed by atoms with Crippen LogP contribution in [0.15, 0.2) is 42.5 Å². The molecular formula is C20H23N3O4S. The van der Waals surface area contributed by atoms with Crippen LogP contribution < -0.4 is 14.8 Å². The molecule has 0 spiro atoms. The van der Waals surface area contributed by atoms with Crippen molar-refractivity contribution >= 4 is 32.3 Å². The fourth-order valence-corrected chi connectivity index (χ4v) is 5.34. The van der Waals surface area contributed by atoms with Crippen LogP contribution in [-0.2, 0) is 21.5 Å². The van der Waals surface area contributed by atoms with E-state index >= 15 is 0 Å². The van der Waals surface area contributed by atoms with Crippen LogP contribution in [0.5, 0.6) is 5.75 Å². The predicted molar refractivity (Wildman–Crippen MR) is 111 cm³/mol. The van der Waals surface area contributed by atoms with Gasteiger partial charge in [0.2, 0.25) is 10.0 Å². The standard InChI is InChI=1S/C20H23N3O4S/c1-26-13-22-18-12-16(27-2)8-9-17(18)19(21)20(22)14-4-6-15(7-5-14)23-10-3-11-28(23,24)25/h4-9,12H,3,10-11,13,21H2,1-2H3. The summed E-state index contributed by atoms with van der Waals surface area (Å²) < 4.78 is 38.5. The van der Waals surface area contributed by atoms with Crippen molar-refractivity contribution in [3.63, 3.8) is 0 Å². The Morgan fingerprint density at radius 2 is 1.86 bits per heavy atom. The average molecular weight is 401 g/mol. The van der Waals surface area contributed by atoms with Gasteiger partial charge in [0.05, 0.1) is 35.4 Å². The van der Waals surface area contributed by atoms with E-state index in [4.69, 9.17) is 15.2 Å². The number of fused-ring (bicyclic) bond motifs is 1. The monoisotopic (exact) mass is 401 g/mol. The topological polar surface area (TPSA) is 86.8 Å². The number of rotatable bonds is 5. The SMILES string of the molecule is COCn1c(-c2ccc(N3CCCS3(=O)=O)cc2)c(N)c2ccc(OC)cc21. The van der Waals surface area contributed by atoms with E-state index in [1.54, 1.807) is 14.2 Å². The number of nitrogens with two attached hydrogens (primary N) is 1. The van der Waals surface area contributed by atoms with Crippen molar-refractivity contribution in [3.8, 4) is 17.0 Å². The molecule has 0 unspecified atom stereocenters. The van der Waals surface area contributed by atoms with Gasteiger partial charge in [-0.2, -0.15) is 0 Å². The maximum atomic E-state index is 12.2. The number of sulfonamides is 1. The highest BCUT2D eigenvalue weighted by Gasteiger charge is 2.28. The smallest absolute Gasteiger partial charge is 0.235 e. The molecule has 2 heterocycles. The minimum absolute atomic E-state index is 0.200. The maximum absolute atomic E-state index is 12.2. The summed E-state index contributed by atoms with van der Waals surface area (Å²) in [5.74, 6) is 0.939. The zero-order chi connectivity index (χ0) is 19.9. The van der Waals surface area contributed by atoms with E-state index in [9.17, 15) is 8.42 Å². The largest absolute Gasteiger partial charge is 0.497 e. The number of methoxy groups -OCH3 is 2. The molecule has 2 N–H and O–H groups in total. The van der Waals surface area contributed by atoms with Crippen LogP contribution in [0.1, 0.15) is 6.42 Å². The third-order valence-electron chi connectivity index (χ3n) is 5.10. The molecule has 0 saturated carbocycles. The molecule has 0 radical (unpaired) electrons. The second-order valence-corrected chi connectivity index (χ2v) is 8.79. The maximum Gasteiger partial charge on any atom is 0.235 e. The summed E-state index contributed by atoms with van der Waals surface area (Å²) >= 11 is 0. The highest BCUT2D eigenvalue weighted by atomic mass is 32.2. The van der Waals surface area contributed by atoms with Crippen LogP contribution in [-0.4, -0.2) is 39.5 Å². The summed E-state index contributed by atoms with van der Waals surface area (Å²) in [6, 6.07) is 13.2. The fraction of sp³-hybridized carbons (Fsp3) is 0.300. The van der Waals surface area contributed by atoms with Crippen molar-refractivity contribution in [1.29, 1.82) is 0 Å². The Hall–Kier alpha value is -2.71. The first kappa shape index (κ1) is 18.6. The fourth-order valence-electron chi connectivity index (χ4n) is 3.77. The van der Waals surface area contributed by atoms with E-state index in [-0.39, 0.29) is 5.75 Å². The molecule has 148 valence electrons. The van der Waals surface area contributed by atoms with Gasteiger partial charge in [-0.1, -0.05) is 12.1 Å². The molecule has 1 aliphatic rings. The molecule has 0 amide bonds. The number of nitrogen functional groups attached to an aromatic ring is 1. The van der Waals surface area contributed by atoms with Gasteiger partial charge in [0.15, 0.2) is 0 Å². The Balaban J connectivity index is 1.82. The minimum Gasteiger partial charge on any atom is -0.497 e. The van der Waals surface area contributed by atoms with Crippen molar-refractivity contribution in [2.45, 2.75) is 13.2 Å². The second kappa shape index (κ2) is 7.03. The summed E-state index contributed by atoms with van der Waals surface area (Å²) in [7, 11) is 0.0562. The highest BCUT2D eigenvalue weighted by Crippen LogP contribution is 2.38. The summed E-state index contributed by atoms with van der Waals surface area (Å²) in [6.07, 6.45) is 0.654. The van der Waals surface area contributed by atoms with Crippen LogP contribution in [0.2, 0.25) is 0 Å². The third kappa shape index (κ3) is 2.98. The lowest BCUT2D eigenvalue weighted by Gasteiger charge is -2.17. The molecule has 1 aliphatic heterocycles. The van der Waals surface area contributed by atoms with Gasteiger partial charge in [-0.25, -0.2) is 8.42 Å². The number of hydrogen-bond acceptors (Lipinski definition) is 5. The van der Waals surface area contributed by atoms with Crippen LogP contribution in [0.25, 0.3) is 22.2 Å². The Kier molecular flexibility index (Phi) is 4.68. The van der Waals surface area contributed by atoms with Crippen LogP contribution in [0.4, 0.5) is 11.4 Å². The first-order valence-corrected chi connectivity index (χ1v) is 10.6.